The van der Waals surface area contributed by atoms with Gasteiger partial charge in [0.05, 0.1) is 0 Å². The maximum Gasteiger partial charge on any atom is 0.323 e. The number of amides is 1. The zero-order chi connectivity index (χ0) is 15.3. The van der Waals surface area contributed by atoms with Crippen molar-refractivity contribution in [2.75, 3.05) is 6.54 Å². The van der Waals surface area contributed by atoms with Gasteiger partial charge in [-0.2, -0.15) is 0 Å². The maximum atomic E-state index is 12.1. The van der Waals surface area contributed by atoms with E-state index in [-0.39, 0.29) is 12.5 Å². The first-order valence-electron chi connectivity index (χ1n) is 6.17. The van der Waals surface area contributed by atoms with Crippen molar-refractivity contribution in [3.05, 3.63) is 40.9 Å². The highest BCUT2D eigenvalue weighted by molar-refractivity contribution is 6.30. The molecule has 0 bridgehead atoms. The topological polar surface area (TPSA) is 57.6 Å². The van der Waals surface area contributed by atoms with E-state index >= 15 is 0 Å². The van der Waals surface area contributed by atoms with Crippen LogP contribution >= 0.6 is 11.6 Å². The van der Waals surface area contributed by atoms with Gasteiger partial charge in [0.2, 0.25) is 5.91 Å². The van der Waals surface area contributed by atoms with Gasteiger partial charge in [-0.25, -0.2) is 0 Å². The fraction of sp³-hybridized carbons (Fsp3) is 0.333. The highest BCUT2D eigenvalue weighted by Crippen LogP contribution is 2.15. The van der Waals surface area contributed by atoms with Crippen LogP contribution in [0.25, 0.3) is 6.08 Å². The summed E-state index contributed by atoms with van der Waals surface area (Å²) in [6.07, 6.45) is 3.01. The van der Waals surface area contributed by atoms with Gasteiger partial charge in [-0.3, -0.25) is 9.59 Å². The number of carbonyl (C=O) groups excluding carboxylic acids is 1. The maximum absolute atomic E-state index is 12.1. The second-order valence-corrected chi connectivity index (χ2v) is 5.81. The number of benzene rings is 1. The molecule has 0 aliphatic carbocycles. The minimum atomic E-state index is -1.03. The van der Waals surface area contributed by atoms with Crippen molar-refractivity contribution in [2.45, 2.75) is 26.3 Å². The number of hydrogen-bond donors (Lipinski definition) is 1. The Labute approximate surface area is 123 Å². The number of halogens is 1. The van der Waals surface area contributed by atoms with Crippen LogP contribution < -0.4 is 0 Å². The predicted molar refractivity (Wildman–Crippen MR) is 79.6 cm³/mol. The average Bonchev–Trinajstić information content (AvgIpc) is 2.33. The van der Waals surface area contributed by atoms with E-state index in [9.17, 15) is 9.59 Å². The lowest BCUT2D eigenvalue weighted by Gasteiger charge is -2.33. The molecule has 1 aromatic rings. The van der Waals surface area contributed by atoms with E-state index in [2.05, 4.69) is 0 Å². The lowest BCUT2D eigenvalue weighted by Crippen LogP contribution is -2.47. The Morgan fingerprint density at radius 3 is 2.25 bits per heavy atom. The Bertz CT molecular complexity index is 515. The molecular formula is C15H18ClNO3. The standard InChI is InChI=1S/C15H18ClNO3/c1-15(2,3)17(10-14(19)20)13(18)9-6-11-4-7-12(16)8-5-11/h4-9H,10H2,1-3H3,(H,19,20). The molecule has 108 valence electrons. The molecule has 0 fully saturated rings. The summed E-state index contributed by atoms with van der Waals surface area (Å²) in [5.74, 6) is -1.37. The molecule has 0 aliphatic heterocycles. The van der Waals surface area contributed by atoms with Crippen LogP contribution in [0.4, 0.5) is 0 Å². The fourth-order valence-corrected chi connectivity index (χ4v) is 1.74. The van der Waals surface area contributed by atoms with Gasteiger partial charge in [0.15, 0.2) is 0 Å². The first-order valence-corrected chi connectivity index (χ1v) is 6.55. The van der Waals surface area contributed by atoms with Crippen LogP contribution in [0.1, 0.15) is 26.3 Å². The number of aliphatic carboxylic acids is 1. The normalized spacial score (nSPS) is 11.6. The first kappa shape index (κ1) is 16.2. The Morgan fingerprint density at radius 1 is 1.25 bits per heavy atom. The summed E-state index contributed by atoms with van der Waals surface area (Å²) in [6.45, 7) is 5.06. The van der Waals surface area contributed by atoms with Gasteiger partial charge >= 0.3 is 5.97 Å². The summed E-state index contributed by atoms with van der Waals surface area (Å²) < 4.78 is 0. The summed E-state index contributed by atoms with van der Waals surface area (Å²) in [4.78, 5) is 24.3. The second kappa shape index (κ2) is 6.57. The van der Waals surface area contributed by atoms with Crippen LogP contribution in [0.15, 0.2) is 30.3 Å². The third-order valence-electron chi connectivity index (χ3n) is 2.66. The van der Waals surface area contributed by atoms with Crippen molar-refractivity contribution in [2.24, 2.45) is 0 Å². The zero-order valence-electron chi connectivity index (χ0n) is 11.8. The van der Waals surface area contributed by atoms with Crippen LogP contribution in [0.2, 0.25) is 5.02 Å². The van der Waals surface area contributed by atoms with Crippen molar-refractivity contribution in [1.29, 1.82) is 0 Å². The van der Waals surface area contributed by atoms with E-state index in [1.54, 1.807) is 51.1 Å². The molecule has 0 radical (unpaired) electrons. The molecule has 20 heavy (non-hydrogen) atoms. The monoisotopic (exact) mass is 295 g/mol. The minimum Gasteiger partial charge on any atom is -0.480 e. The molecule has 0 heterocycles. The predicted octanol–water partition coefficient (Wildman–Crippen LogP) is 3.06. The number of carbonyl (C=O) groups is 2. The van der Waals surface area contributed by atoms with E-state index < -0.39 is 11.5 Å². The van der Waals surface area contributed by atoms with E-state index in [1.165, 1.54) is 11.0 Å². The number of carboxylic acids is 1. The molecule has 1 aromatic carbocycles. The molecule has 1 N–H and O–H groups in total. The van der Waals surface area contributed by atoms with Crippen molar-refractivity contribution >= 4 is 29.6 Å². The molecule has 1 amide bonds. The molecule has 0 spiro atoms. The van der Waals surface area contributed by atoms with Crippen molar-refractivity contribution in [3.63, 3.8) is 0 Å². The van der Waals surface area contributed by atoms with E-state index in [0.717, 1.165) is 5.56 Å². The lowest BCUT2D eigenvalue weighted by molar-refractivity contribution is -0.145. The van der Waals surface area contributed by atoms with Gasteiger partial charge < -0.3 is 10.0 Å². The fourth-order valence-electron chi connectivity index (χ4n) is 1.61. The van der Waals surface area contributed by atoms with Crippen molar-refractivity contribution in [3.8, 4) is 0 Å². The Hall–Kier alpha value is -1.81. The van der Waals surface area contributed by atoms with Crippen LogP contribution in [0.5, 0.6) is 0 Å². The molecule has 0 saturated carbocycles. The third kappa shape index (κ3) is 5.05. The number of nitrogens with zero attached hydrogens (tertiary/aromatic N) is 1. The van der Waals surface area contributed by atoms with Gasteiger partial charge in [-0.15, -0.1) is 0 Å². The SMILES string of the molecule is CC(C)(C)N(CC(=O)O)C(=O)C=Cc1ccc(Cl)cc1. The summed E-state index contributed by atoms with van der Waals surface area (Å²) in [6, 6.07) is 7.02. The average molecular weight is 296 g/mol. The lowest BCUT2D eigenvalue weighted by atomic mass is 10.1. The van der Waals surface area contributed by atoms with Crippen molar-refractivity contribution < 1.29 is 14.7 Å². The molecule has 0 unspecified atom stereocenters. The van der Waals surface area contributed by atoms with Gasteiger partial charge in [0, 0.05) is 16.6 Å². The van der Waals surface area contributed by atoms with Crippen LogP contribution in [0, 0.1) is 0 Å². The van der Waals surface area contributed by atoms with Crippen molar-refractivity contribution in [1.82, 2.24) is 4.90 Å². The largest absolute Gasteiger partial charge is 0.480 e. The molecule has 1 rings (SSSR count). The number of carboxylic acid groups (broad SMARTS) is 1. The van der Waals surface area contributed by atoms with Crippen LogP contribution in [-0.2, 0) is 9.59 Å². The highest BCUT2D eigenvalue weighted by atomic mass is 35.5. The van der Waals surface area contributed by atoms with E-state index in [0.29, 0.717) is 5.02 Å². The highest BCUT2D eigenvalue weighted by Gasteiger charge is 2.26. The quantitative estimate of drug-likeness (QED) is 0.869. The van der Waals surface area contributed by atoms with Gasteiger partial charge in [0.1, 0.15) is 6.54 Å². The first-order chi connectivity index (χ1) is 9.20. The summed E-state index contributed by atoms with van der Waals surface area (Å²) in [5, 5.41) is 9.50. The zero-order valence-corrected chi connectivity index (χ0v) is 12.5. The van der Waals surface area contributed by atoms with Crippen LogP contribution in [-0.4, -0.2) is 34.0 Å². The summed E-state index contributed by atoms with van der Waals surface area (Å²) >= 11 is 5.78. The Balaban J connectivity index is 2.85. The number of hydrogen-bond acceptors (Lipinski definition) is 2. The van der Waals surface area contributed by atoms with Gasteiger partial charge in [0.25, 0.3) is 0 Å². The minimum absolute atomic E-state index is 0.326. The van der Waals surface area contributed by atoms with E-state index in [1.807, 2.05) is 0 Å². The molecule has 0 aromatic heterocycles. The summed E-state index contributed by atoms with van der Waals surface area (Å²) in [5.41, 5.74) is 0.270. The Kier molecular flexibility index (Phi) is 5.34. The molecule has 4 nitrogen and oxygen atoms in total. The molecule has 5 heteroatoms. The van der Waals surface area contributed by atoms with Crippen LogP contribution in [0.3, 0.4) is 0 Å². The second-order valence-electron chi connectivity index (χ2n) is 5.37. The summed E-state index contributed by atoms with van der Waals surface area (Å²) in [7, 11) is 0. The smallest absolute Gasteiger partial charge is 0.323 e. The molecule has 0 saturated heterocycles. The van der Waals surface area contributed by atoms with Gasteiger partial charge in [-0.05, 0) is 44.5 Å². The number of rotatable bonds is 4. The molecule has 0 atom stereocenters. The van der Waals surface area contributed by atoms with Gasteiger partial charge in [-0.1, -0.05) is 23.7 Å². The molecular weight excluding hydrogens is 278 g/mol. The third-order valence-corrected chi connectivity index (χ3v) is 2.91. The van der Waals surface area contributed by atoms with E-state index in [4.69, 9.17) is 16.7 Å². The Morgan fingerprint density at radius 2 is 1.80 bits per heavy atom. The molecule has 0 aliphatic rings.